The molecule has 0 aromatic carbocycles. The molecule has 1 rings (SSSR count). The van der Waals surface area contributed by atoms with Crippen LogP contribution in [0.1, 0.15) is 53.9 Å². The van der Waals surface area contributed by atoms with Crippen LogP contribution in [0.25, 0.3) is 0 Å². The van der Waals surface area contributed by atoms with Crippen molar-refractivity contribution in [3.8, 4) is 0 Å². The van der Waals surface area contributed by atoms with Crippen LogP contribution in [-0.4, -0.2) is 65.6 Å². The number of amides is 4. The summed E-state index contributed by atoms with van der Waals surface area (Å²) in [6.07, 6.45) is 0.747. The zero-order valence-electron chi connectivity index (χ0n) is 18.5. The molecule has 7 N–H and O–H groups in total. The predicted molar refractivity (Wildman–Crippen MR) is 112 cm³/mol. The summed E-state index contributed by atoms with van der Waals surface area (Å²) in [5.41, 5.74) is 5.24. The molecule has 0 aliphatic carbocycles. The second kappa shape index (κ2) is 11.8. The molecule has 1 aliphatic heterocycles. The van der Waals surface area contributed by atoms with Gasteiger partial charge in [0.05, 0.1) is 12.1 Å². The Morgan fingerprint density at radius 3 is 2.07 bits per heavy atom. The minimum Gasteiger partial charge on any atom is -0.391 e. The highest BCUT2D eigenvalue weighted by molar-refractivity contribution is 5.94. The van der Waals surface area contributed by atoms with E-state index < -0.39 is 42.0 Å². The van der Waals surface area contributed by atoms with Crippen molar-refractivity contribution in [3.05, 3.63) is 0 Å². The molecule has 1 saturated heterocycles. The number of hydrogen-bond donors (Lipinski definition) is 6. The standard InChI is InChI=1S/C20H37N5O5/c1-10(2)9-14(19(29)25-16(12(5)26)17(21)27)23-20(30)15(11(3)4)24-18(28)13-7-6-8-22-13/h10-16,22,26H,6-9H2,1-5H3,(H2,21,27)(H,23,30)(H,24,28)(H,25,29)/t12-,13+,14+,15+,16+/m1/s1. The zero-order valence-corrected chi connectivity index (χ0v) is 18.5. The fraction of sp³-hybridized carbons (Fsp3) is 0.800. The Kier molecular flexibility index (Phi) is 10.2. The highest BCUT2D eigenvalue weighted by Gasteiger charge is 2.33. The monoisotopic (exact) mass is 427 g/mol. The molecule has 0 aromatic rings. The zero-order chi connectivity index (χ0) is 23.0. The predicted octanol–water partition coefficient (Wildman–Crippen LogP) is -1.24. The number of nitrogens with two attached hydrogens (primary N) is 1. The third-order valence-corrected chi connectivity index (χ3v) is 5.05. The highest BCUT2D eigenvalue weighted by Crippen LogP contribution is 2.10. The first-order chi connectivity index (χ1) is 13.9. The van der Waals surface area contributed by atoms with E-state index >= 15 is 0 Å². The second-order valence-corrected chi connectivity index (χ2v) is 8.70. The van der Waals surface area contributed by atoms with Gasteiger partial charge in [0.2, 0.25) is 23.6 Å². The number of primary amides is 1. The van der Waals surface area contributed by atoms with Gasteiger partial charge in [-0.25, -0.2) is 0 Å². The number of hydrogen-bond acceptors (Lipinski definition) is 6. The largest absolute Gasteiger partial charge is 0.391 e. The summed E-state index contributed by atoms with van der Waals surface area (Å²) < 4.78 is 0. The lowest BCUT2D eigenvalue weighted by molar-refractivity contribution is -0.135. The van der Waals surface area contributed by atoms with Gasteiger partial charge in [-0.05, 0) is 44.6 Å². The summed E-state index contributed by atoms with van der Waals surface area (Å²) in [6, 6.07) is -3.35. The minimum absolute atomic E-state index is 0.0643. The van der Waals surface area contributed by atoms with Crippen molar-refractivity contribution in [2.24, 2.45) is 17.6 Å². The van der Waals surface area contributed by atoms with Gasteiger partial charge in [0, 0.05) is 0 Å². The van der Waals surface area contributed by atoms with E-state index in [1.54, 1.807) is 13.8 Å². The van der Waals surface area contributed by atoms with Crippen LogP contribution in [0.3, 0.4) is 0 Å². The third kappa shape index (κ3) is 7.91. The molecule has 1 fully saturated rings. The van der Waals surface area contributed by atoms with E-state index in [4.69, 9.17) is 5.73 Å². The van der Waals surface area contributed by atoms with E-state index in [2.05, 4.69) is 21.3 Å². The van der Waals surface area contributed by atoms with E-state index in [-0.39, 0.29) is 23.8 Å². The first kappa shape index (κ1) is 25.8. The molecule has 1 aliphatic rings. The maximum absolute atomic E-state index is 12.9. The van der Waals surface area contributed by atoms with Crippen LogP contribution in [0, 0.1) is 11.8 Å². The summed E-state index contributed by atoms with van der Waals surface area (Å²) in [4.78, 5) is 49.6. The average Bonchev–Trinajstić information content (AvgIpc) is 3.16. The summed E-state index contributed by atoms with van der Waals surface area (Å²) in [6.45, 7) is 9.49. The van der Waals surface area contributed by atoms with Gasteiger partial charge in [-0.1, -0.05) is 27.7 Å². The van der Waals surface area contributed by atoms with Gasteiger partial charge in [-0.3, -0.25) is 19.2 Å². The molecular weight excluding hydrogens is 390 g/mol. The van der Waals surface area contributed by atoms with Crippen LogP contribution < -0.4 is 27.0 Å². The molecule has 0 aromatic heterocycles. The number of nitrogens with one attached hydrogen (secondary N) is 4. The molecule has 0 radical (unpaired) electrons. The van der Waals surface area contributed by atoms with Gasteiger partial charge in [0.25, 0.3) is 0 Å². The average molecular weight is 428 g/mol. The van der Waals surface area contributed by atoms with Gasteiger partial charge in [-0.15, -0.1) is 0 Å². The molecule has 172 valence electrons. The molecule has 30 heavy (non-hydrogen) atoms. The van der Waals surface area contributed by atoms with Crippen LogP contribution in [0.5, 0.6) is 0 Å². The second-order valence-electron chi connectivity index (χ2n) is 8.70. The lowest BCUT2D eigenvalue weighted by Gasteiger charge is -2.28. The Labute approximate surface area is 178 Å². The smallest absolute Gasteiger partial charge is 0.243 e. The number of carbonyl (C=O) groups is 4. The SMILES string of the molecule is CC(C)C[C@H](NC(=O)[C@@H](NC(=O)[C@@H]1CCCN1)C(C)C)C(=O)N[C@H](C(N)=O)[C@@H](C)O. The van der Waals surface area contributed by atoms with Crippen molar-refractivity contribution in [1.82, 2.24) is 21.3 Å². The van der Waals surface area contributed by atoms with Gasteiger partial charge >= 0.3 is 0 Å². The van der Waals surface area contributed by atoms with Crippen LogP contribution in [0.15, 0.2) is 0 Å². The third-order valence-electron chi connectivity index (χ3n) is 5.05. The Morgan fingerprint density at radius 2 is 1.63 bits per heavy atom. The molecule has 1 heterocycles. The molecule has 4 amide bonds. The maximum Gasteiger partial charge on any atom is 0.243 e. The van der Waals surface area contributed by atoms with Gasteiger partial charge in [0.15, 0.2) is 0 Å². The molecule has 0 unspecified atom stereocenters. The Balaban J connectivity index is 2.88. The lowest BCUT2D eigenvalue weighted by atomic mass is 9.99. The molecule has 0 saturated carbocycles. The van der Waals surface area contributed by atoms with Crippen molar-refractivity contribution < 1.29 is 24.3 Å². The minimum atomic E-state index is -1.27. The Hall–Kier alpha value is -2.20. The summed E-state index contributed by atoms with van der Waals surface area (Å²) >= 11 is 0. The fourth-order valence-electron chi connectivity index (χ4n) is 3.34. The quantitative estimate of drug-likeness (QED) is 0.242. The van der Waals surface area contributed by atoms with Gasteiger partial charge in [-0.2, -0.15) is 0 Å². The van der Waals surface area contributed by atoms with Gasteiger partial charge < -0.3 is 32.1 Å². The maximum atomic E-state index is 12.9. The fourth-order valence-corrected chi connectivity index (χ4v) is 3.34. The van der Waals surface area contributed by atoms with E-state index in [0.29, 0.717) is 12.8 Å². The Morgan fingerprint density at radius 1 is 1.00 bits per heavy atom. The van der Waals surface area contributed by atoms with Crippen LogP contribution >= 0.6 is 0 Å². The Bertz CT molecular complexity index is 617. The number of carbonyl (C=O) groups excluding carboxylic acids is 4. The normalized spacial score (nSPS) is 20.3. The molecule has 10 nitrogen and oxygen atoms in total. The summed E-state index contributed by atoms with van der Waals surface area (Å²) in [5.74, 6) is -2.35. The van der Waals surface area contributed by atoms with Crippen molar-refractivity contribution >= 4 is 23.6 Å². The van der Waals surface area contributed by atoms with Crippen molar-refractivity contribution in [1.29, 1.82) is 0 Å². The van der Waals surface area contributed by atoms with Crippen LogP contribution in [-0.2, 0) is 19.2 Å². The topological polar surface area (TPSA) is 163 Å². The highest BCUT2D eigenvalue weighted by atomic mass is 16.3. The van der Waals surface area contributed by atoms with Crippen LogP contribution in [0.4, 0.5) is 0 Å². The van der Waals surface area contributed by atoms with Crippen molar-refractivity contribution in [2.45, 2.75) is 84.2 Å². The molecule has 5 atom stereocenters. The summed E-state index contributed by atoms with van der Waals surface area (Å²) in [5, 5.41) is 20.6. The number of rotatable bonds is 11. The summed E-state index contributed by atoms with van der Waals surface area (Å²) in [7, 11) is 0. The van der Waals surface area contributed by atoms with E-state index in [1.165, 1.54) is 6.92 Å². The molecular formula is C20H37N5O5. The van der Waals surface area contributed by atoms with E-state index in [0.717, 1.165) is 13.0 Å². The molecule has 10 heteroatoms. The van der Waals surface area contributed by atoms with E-state index in [9.17, 15) is 24.3 Å². The van der Waals surface area contributed by atoms with Gasteiger partial charge in [0.1, 0.15) is 18.1 Å². The number of aliphatic hydroxyl groups excluding tert-OH is 1. The number of aliphatic hydroxyl groups is 1. The van der Waals surface area contributed by atoms with E-state index in [1.807, 2.05) is 13.8 Å². The van der Waals surface area contributed by atoms with Crippen molar-refractivity contribution in [3.63, 3.8) is 0 Å². The lowest BCUT2D eigenvalue weighted by Crippen LogP contribution is -2.60. The first-order valence-corrected chi connectivity index (χ1v) is 10.6. The van der Waals surface area contributed by atoms with Crippen LogP contribution in [0.2, 0.25) is 0 Å². The first-order valence-electron chi connectivity index (χ1n) is 10.6. The molecule has 0 bridgehead atoms. The van der Waals surface area contributed by atoms with Crippen molar-refractivity contribution in [2.75, 3.05) is 6.54 Å². The molecule has 0 spiro atoms.